The van der Waals surface area contributed by atoms with Crippen LogP contribution in [-0.2, 0) is 11.3 Å². The Morgan fingerprint density at radius 2 is 2.00 bits per heavy atom. The molecule has 1 rings (SSSR count). The predicted octanol–water partition coefficient (Wildman–Crippen LogP) is 2.13. The summed E-state index contributed by atoms with van der Waals surface area (Å²) in [6, 6.07) is 10.4. The molecule has 0 aliphatic heterocycles. The number of rotatable bonds is 9. The lowest BCUT2D eigenvalue weighted by molar-refractivity contribution is -0.138. The summed E-state index contributed by atoms with van der Waals surface area (Å²) in [6.07, 6.45) is 4.06. The molecule has 0 saturated heterocycles. The zero-order chi connectivity index (χ0) is 14.8. The zero-order valence-corrected chi connectivity index (χ0v) is 12.2. The highest BCUT2D eigenvalue weighted by Crippen LogP contribution is 2.04. The highest BCUT2D eigenvalue weighted by molar-refractivity contribution is 5.69. The number of carboxylic acids is 1. The largest absolute Gasteiger partial charge is 0.480 e. The van der Waals surface area contributed by atoms with Crippen LogP contribution in [0, 0.1) is 0 Å². The van der Waals surface area contributed by atoms with Crippen molar-refractivity contribution in [3.63, 3.8) is 0 Å². The minimum Gasteiger partial charge on any atom is -0.480 e. The van der Waals surface area contributed by atoms with Gasteiger partial charge in [-0.05, 0) is 5.56 Å². The van der Waals surface area contributed by atoms with Crippen LogP contribution in [0.4, 0.5) is 0 Å². The molecule has 1 aromatic carbocycles. The van der Waals surface area contributed by atoms with Crippen molar-refractivity contribution in [3.05, 3.63) is 48.0 Å². The first-order valence-electron chi connectivity index (χ1n) is 6.94. The van der Waals surface area contributed by atoms with Gasteiger partial charge in [0.05, 0.1) is 6.54 Å². The second-order valence-electron chi connectivity index (χ2n) is 5.08. The maximum absolute atomic E-state index is 10.9. The van der Waals surface area contributed by atoms with E-state index in [0.29, 0.717) is 19.1 Å². The summed E-state index contributed by atoms with van der Waals surface area (Å²) in [4.78, 5) is 12.8. The van der Waals surface area contributed by atoms with Crippen LogP contribution in [0.15, 0.2) is 42.5 Å². The van der Waals surface area contributed by atoms with Crippen molar-refractivity contribution < 1.29 is 9.90 Å². The van der Waals surface area contributed by atoms with E-state index >= 15 is 0 Å². The molecule has 0 fully saturated rings. The van der Waals surface area contributed by atoms with Crippen LogP contribution in [0.5, 0.6) is 0 Å². The predicted molar refractivity (Wildman–Crippen MR) is 81.6 cm³/mol. The number of hydrogen-bond acceptors (Lipinski definition) is 3. The lowest BCUT2D eigenvalue weighted by atomic mass is 10.2. The second-order valence-corrected chi connectivity index (χ2v) is 5.08. The highest BCUT2D eigenvalue weighted by Gasteiger charge is 2.08. The Morgan fingerprint density at radius 1 is 1.30 bits per heavy atom. The number of nitrogens with one attached hydrogen (secondary N) is 1. The van der Waals surface area contributed by atoms with Gasteiger partial charge in [-0.3, -0.25) is 9.69 Å². The smallest absolute Gasteiger partial charge is 0.317 e. The Kier molecular flexibility index (Phi) is 7.62. The van der Waals surface area contributed by atoms with E-state index in [1.165, 1.54) is 0 Å². The Labute approximate surface area is 121 Å². The Hall–Kier alpha value is -1.65. The van der Waals surface area contributed by atoms with E-state index in [-0.39, 0.29) is 6.54 Å². The molecule has 0 aliphatic carbocycles. The lowest BCUT2D eigenvalue weighted by Crippen LogP contribution is -2.29. The minimum absolute atomic E-state index is 0.0524. The standard InChI is InChI=1S/C16H24N2O2/c1-14(2)17-10-6-7-11-18(13-16(19)20)12-15-8-4-3-5-9-15/h3-9,14,17H,10-13H2,1-2H3,(H,19,20)/b7-6+. The molecule has 0 aromatic heterocycles. The summed E-state index contributed by atoms with van der Waals surface area (Å²) in [7, 11) is 0. The summed E-state index contributed by atoms with van der Waals surface area (Å²) in [5.41, 5.74) is 1.13. The van der Waals surface area contributed by atoms with Crippen LogP contribution >= 0.6 is 0 Å². The molecular weight excluding hydrogens is 252 g/mol. The number of carboxylic acid groups (broad SMARTS) is 1. The van der Waals surface area contributed by atoms with Gasteiger partial charge >= 0.3 is 5.97 Å². The van der Waals surface area contributed by atoms with Gasteiger partial charge in [-0.15, -0.1) is 0 Å². The van der Waals surface area contributed by atoms with Gasteiger partial charge in [-0.2, -0.15) is 0 Å². The molecule has 4 nitrogen and oxygen atoms in total. The summed E-state index contributed by atoms with van der Waals surface area (Å²) < 4.78 is 0. The maximum atomic E-state index is 10.9. The first-order valence-corrected chi connectivity index (χ1v) is 6.94. The molecule has 0 saturated carbocycles. The second kappa shape index (κ2) is 9.28. The molecule has 0 spiro atoms. The number of aliphatic carboxylic acids is 1. The molecule has 4 heteroatoms. The van der Waals surface area contributed by atoms with Crippen LogP contribution in [0.3, 0.4) is 0 Å². The molecule has 1 aromatic rings. The third-order valence-electron chi connectivity index (χ3n) is 2.78. The van der Waals surface area contributed by atoms with Crippen molar-refractivity contribution >= 4 is 5.97 Å². The third kappa shape index (κ3) is 7.71. The van der Waals surface area contributed by atoms with Crippen molar-refractivity contribution in [2.45, 2.75) is 26.4 Å². The van der Waals surface area contributed by atoms with Gasteiger partial charge in [0.2, 0.25) is 0 Å². The van der Waals surface area contributed by atoms with Crippen molar-refractivity contribution in [1.29, 1.82) is 0 Å². The van der Waals surface area contributed by atoms with Crippen LogP contribution in [0.2, 0.25) is 0 Å². The van der Waals surface area contributed by atoms with E-state index in [1.807, 2.05) is 47.4 Å². The maximum Gasteiger partial charge on any atom is 0.317 e. The SMILES string of the molecule is CC(C)NC/C=C/CN(CC(=O)O)Cc1ccccc1. The van der Waals surface area contributed by atoms with E-state index in [0.717, 1.165) is 12.1 Å². The van der Waals surface area contributed by atoms with E-state index in [1.54, 1.807) is 0 Å². The van der Waals surface area contributed by atoms with Gasteiger partial charge in [0.15, 0.2) is 0 Å². The average Bonchev–Trinajstić information content (AvgIpc) is 2.38. The lowest BCUT2D eigenvalue weighted by Gasteiger charge is -2.18. The quantitative estimate of drug-likeness (QED) is 0.678. The Balaban J connectivity index is 2.45. The van der Waals surface area contributed by atoms with Gasteiger partial charge in [-0.25, -0.2) is 0 Å². The van der Waals surface area contributed by atoms with Gasteiger partial charge < -0.3 is 10.4 Å². The molecule has 0 bridgehead atoms. The van der Waals surface area contributed by atoms with E-state index in [9.17, 15) is 4.79 Å². The van der Waals surface area contributed by atoms with Gasteiger partial charge in [0.1, 0.15) is 0 Å². The van der Waals surface area contributed by atoms with Crippen LogP contribution < -0.4 is 5.32 Å². The van der Waals surface area contributed by atoms with E-state index in [2.05, 4.69) is 19.2 Å². The van der Waals surface area contributed by atoms with Crippen LogP contribution in [-0.4, -0.2) is 41.7 Å². The topological polar surface area (TPSA) is 52.6 Å². The molecular formula is C16H24N2O2. The monoisotopic (exact) mass is 276 g/mol. The number of benzene rings is 1. The zero-order valence-electron chi connectivity index (χ0n) is 12.2. The van der Waals surface area contributed by atoms with Crippen molar-refractivity contribution in [1.82, 2.24) is 10.2 Å². The van der Waals surface area contributed by atoms with Crippen molar-refractivity contribution in [2.24, 2.45) is 0 Å². The summed E-state index contributed by atoms with van der Waals surface area (Å²) in [5, 5.41) is 12.2. The molecule has 0 heterocycles. The fourth-order valence-corrected chi connectivity index (χ4v) is 1.83. The molecule has 0 aliphatic rings. The Bertz CT molecular complexity index is 416. The molecule has 2 N–H and O–H groups in total. The average molecular weight is 276 g/mol. The molecule has 0 unspecified atom stereocenters. The number of carbonyl (C=O) groups is 1. The van der Waals surface area contributed by atoms with E-state index in [4.69, 9.17) is 5.11 Å². The van der Waals surface area contributed by atoms with E-state index < -0.39 is 5.97 Å². The van der Waals surface area contributed by atoms with Crippen molar-refractivity contribution in [2.75, 3.05) is 19.6 Å². The highest BCUT2D eigenvalue weighted by atomic mass is 16.4. The fourth-order valence-electron chi connectivity index (χ4n) is 1.83. The van der Waals surface area contributed by atoms with Gasteiger partial charge in [-0.1, -0.05) is 56.3 Å². The first-order chi connectivity index (χ1) is 9.58. The minimum atomic E-state index is -0.797. The Morgan fingerprint density at radius 3 is 2.60 bits per heavy atom. The molecule has 20 heavy (non-hydrogen) atoms. The number of hydrogen-bond donors (Lipinski definition) is 2. The third-order valence-corrected chi connectivity index (χ3v) is 2.78. The summed E-state index contributed by atoms with van der Waals surface area (Å²) >= 11 is 0. The van der Waals surface area contributed by atoms with Crippen molar-refractivity contribution in [3.8, 4) is 0 Å². The fraction of sp³-hybridized carbons (Fsp3) is 0.438. The normalized spacial score (nSPS) is 11.6. The van der Waals surface area contributed by atoms with Gasteiger partial charge in [0, 0.05) is 25.7 Å². The van der Waals surface area contributed by atoms with Crippen LogP contribution in [0.25, 0.3) is 0 Å². The molecule has 0 radical (unpaired) electrons. The van der Waals surface area contributed by atoms with Crippen LogP contribution in [0.1, 0.15) is 19.4 Å². The van der Waals surface area contributed by atoms with Gasteiger partial charge in [0.25, 0.3) is 0 Å². The molecule has 0 amide bonds. The summed E-state index contributed by atoms with van der Waals surface area (Å²) in [6.45, 7) is 6.34. The summed E-state index contributed by atoms with van der Waals surface area (Å²) in [5.74, 6) is -0.797. The molecule has 0 atom stereocenters. The first kappa shape index (κ1) is 16.4. The molecule has 110 valence electrons. The number of nitrogens with zero attached hydrogens (tertiary/aromatic N) is 1.